The second-order valence-electron chi connectivity index (χ2n) is 16.4. The maximum atomic E-state index is 12.9. The van der Waals surface area contributed by atoms with Gasteiger partial charge in [0.1, 0.15) is 12.2 Å². The largest absolute Gasteiger partial charge is 0.445 e. The summed E-state index contributed by atoms with van der Waals surface area (Å²) in [5.74, 6) is 3.91. The summed E-state index contributed by atoms with van der Waals surface area (Å²) >= 11 is 0. The number of carbonyl (C=O) groups is 2. The van der Waals surface area contributed by atoms with Crippen LogP contribution in [-0.2, 0) is 16.1 Å². The van der Waals surface area contributed by atoms with E-state index in [1.165, 1.54) is 0 Å². The fourth-order valence-corrected chi connectivity index (χ4v) is 6.72. The molecule has 2 N–H and O–H groups in total. The van der Waals surface area contributed by atoms with Crippen LogP contribution in [0.25, 0.3) is 0 Å². The van der Waals surface area contributed by atoms with Gasteiger partial charge in [-0.25, -0.2) is 9.59 Å². The molecular weight excluding hydrogens is 741 g/mol. The van der Waals surface area contributed by atoms with Gasteiger partial charge in [-0.05, 0) is 38.7 Å². The van der Waals surface area contributed by atoms with Gasteiger partial charge in [0.15, 0.2) is 0 Å². The van der Waals surface area contributed by atoms with E-state index in [0.29, 0.717) is 120 Å². The van der Waals surface area contributed by atoms with E-state index in [0.717, 1.165) is 37.9 Å². The van der Waals surface area contributed by atoms with Crippen molar-refractivity contribution in [3.05, 3.63) is 35.9 Å². The van der Waals surface area contributed by atoms with Crippen molar-refractivity contribution in [2.24, 2.45) is 5.92 Å². The maximum absolute atomic E-state index is 12.9. The zero-order chi connectivity index (χ0) is 41.1. The van der Waals surface area contributed by atoms with Crippen molar-refractivity contribution in [2.75, 3.05) is 122 Å². The van der Waals surface area contributed by atoms with Crippen molar-refractivity contribution in [1.82, 2.24) is 39.7 Å². The molecule has 0 bridgehead atoms. The van der Waals surface area contributed by atoms with Gasteiger partial charge in [0.05, 0.1) is 0 Å². The molecule has 5 heterocycles. The lowest BCUT2D eigenvalue weighted by molar-refractivity contribution is 0.0240. The molecule has 18 heteroatoms. The van der Waals surface area contributed by atoms with E-state index in [2.05, 4.69) is 51.0 Å². The minimum Gasteiger partial charge on any atom is -0.445 e. The predicted molar refractivity (Wildman–Crippen MR) is 226 cm³/mol. The highest BCUT2D eigenvalue weighted by Gasteiger charge is 2.30. The quantitative estimate of drug-likeness (QED) is 0.217. The maximum Gasteiger partial charge on any atom is 0.410 e. The summed E-state index contributed by atoms with van der Waals surface area (Å²) in [5, 5.41) is 6.84. The number of carbonyl (C=O) groups excluding carboxylic acids is 2. The van der Waals surface area contributed by atoms with Gasteiger partial charge in [0, 0.05) is 91.6 Å². The van der Waals surface area contributed by atoms with Crippen LogP contribution in [0.1, 0.15) is 66.4 Å². The van der Waals surface area contributed by atoms with E-state index >= 15 is 0 Å². The minimum atomic E-state index is -0.546. The monoisotopic (exact) mass is 803 g/mol. The number of piperazine rings is 3. The highest BCUT2D eigenvalue weighted by molar-refractivity contribution is 5.69. The Morgan fingerprint density at radius 1 is 0.638 bits per heavy atom. The minimum absolute atomic E-state index is 0.246. The van der Waals surface area contributed by atoms with Gasteiger partial charge in [0.25, 0.3) is 0 Å². The molecule has 6 rings (SSSR count). The Morgan fingerprint density at radius 3 is 1.53 bits per heavy atom. The summed E-state index contributed by atoms with van der Waals surface area (Å²) in [5.41, 5.74) is 0.412. The van der Waals surface area contributed by atoms with E-state index in [9.17, 15) is 9.59 Å². The molecule has 3 saturated heterocycles. The van der Waals surface area contributed by atoms with Crippen LogP contribution in [0.4, 0.5) is 45.3 Å². The van der Waals surface area contributed by atoms with Crippen molar-refractivity contribution in [2.45, 2.75) is 73.0 Å². The topological polar surface area (TPSA) is 173 Å². The van der Waals surface area contributed by atoms with Crippen LogP contribution in [0.5, 0.6) is 0 Å². The number of anilines is 6. The molecule has 18 nitrogen and oxygen atoms in total. The molecule has 3 aliphatic rings. The van der Waals surface area contributed by atoms with Gasteiger partial charge in [-0.3, -0.25) is 0 Å². The first-order valence-electron chi connectivity index (χ1n) is 20.9. The number of nitrogens with zero attached hydrogens (tertiary/aromatic N) is 12. The standard InChI is InChI=1S/C40H62N14O4/c1-7-8-12-15-41-32-43-34(47-35(44-32)51-20-24-53(25-21-51)38(55)57-29-31-13-10-9-11-14-31)49-16-18-50(19-17-49)36-45-33(42-28-30(2)3)46-37(48-36)52-22-26-54(27-23-52)39(56)58-40(4,5)6/h9-11,13-14,30H,7-8,12,15-29H2,1-6H3,(H,41,43,44,47)(H,42,45,46,48). The molecule has 3 aromatic rings. The van der Waals surface area contributed by atoms with Gasteiger partial charge in [-0.1, -0.05) is 63.9 Å². The van der Waals surface area contributed by atoms with Crippen LogP contribution < -0.4 is 30.2 Å². The smallest absolute Gasteiger partial charge is 0.410 e. The fourth-order valence-electron chi connectivity index (χ4n) is 6.72. The Balaban J connectivity index is 1.11. The first-order chi connectivity index (χ1) is 27.9. The zero-order valence-corrected chi connectivity index (χ0v) is 35.2. The van der Waals surface area contributed by atoms with Crippen LogP contribution >= 0.6 is 0 Å². The van der Waals surface area contributed by atoms with Gasteiger partial charge < -0.3 is 49.5 Å². The predicted octanol–water partition coefficient (Wildman–Crippen LogP) is 4.57. The first-order valence-corrected chi connectivity index (χ1v) is 20.9. The highest BCUT2D eigenvalue weighted by atomic mass is 16.6. The van der Waals surface area contributed by atoms with Crippen LogP contribution in [0.2, 0.25) is 0 Å². The number of ether oxygens (including phenoxy) is 2. The average molecular weight is 803 g/mol. The number of hydrogen-bond acceptors (Lipinski definition) is 16. The van der Waals surface area contributed by atoms with Crippen molar-refractivity contribution in [1.29, 1.82) is 0 Å². The van der Waals surface area contributed by atoms with Gasteiger partial charge in [0.2, 0.25) is 35.7 Å². The Kier molecular flexibility index (Phi) is 14.4. The number of hydrogen-bond donors (Lipinski definition) is 2. The van der Waals surface area contributed by atoms with E-state index in [1.807, 2.05) is 51.1 Å². The molecule has 2 amide bonds. The van der Waals surface area contributed by atoms with Gasteiger partial charge >= 0.3 is 12.2 Å². The number of benzene rings is 1. The Labute approximate surface area is 342 Å². The molecule has 0 atom stereocenters. The summed E-state index contributed by atoms with van der Waals surface area (Å²) in [7, 11) is 0. The summed E-state index contributed by atoms with van der Waals surface area (Å²) in [6.45, 7) is 20.9. The Bertz CT molecular complexity index is 1770. The normalized spacial score (nSPS) is 16.5. The summed E-state index contributed by atoms with van der Waals surface area (Å²) < 4.78 is 11.2. The molecule has 3 aliphatic heterocycles. The summed E-state index contributed by atoms with van der Waals surface area (Å²) in [6, 6.07) is 9.71. The van der Waals surface area contributed by atoms with Crippen molar-refractivity contribution in [3.8, 4) is 0 Å². The Morgan fingerprint density at radius 2 is 1.09 bits per heavy atom. The molecule has 0 saturated carbocycles. The van der Waals surface area contributed by atoms with Crippen LogP contribution in [0, 0.1) is 5.92 Å². The lowest BCUT2D eigenvalue weighted by Gasteiger charge is -2.37. The van der Waals surface area contributed by atoms with Crippen LogP contribution in [-0.4, -0.2) is 149 Å². The average Bonchev–Trinajstić information content (AvgIpc) is 3.23. The molecular formula is C40H62N14O4. The van der Waals surface area contributed by atoms with Gasteiger partial charge in [-0.2, -0.15) is 29.9 Å². The first kappa shape index (κ1) is 42.2. The van der Waals surface area contributed by atoms with Crippen molar-refractivity contribution in [3.63, 3.8) is 0 Å². The fraction of sp³-hybridized carbons (Fsp3) is 0.650. The molecule has 3 fully saturated rings. The SMILES string of the molecule is CCCCCNc1nc(N2CCN(C(=O)OCc3ccccc3)CC2)nc(N2CCN(c3nc(NCC(C)C)nc(N4CCN(C(=O)OC(C)(C)C)CC4)n3)CC2)n1. The summed E-state index contributed by atoms with van der Waals surface area (Å²) in [6.07, 6.45) is 2.66. The number of rotatable bonds is 14. The molecule has 0 spiro atoms. The van der Waals surface area contributed by atoms with E-state index < -0.39 is 5.60 Å². The van der Waals surface area contributed by atoms with Crippen LogP contribution in [0.15, 0.2) is 30.3 Å². The third-order valence-electron chi connectivity index (χ3n) is 10.0. The second-order valence-corrected chi connectivity index (χ2v) is 16.4. The lowest BCUT2D eigenvalue weighted by atomic mass is 10.2. The lowest BCUT2D eigenvalue weighted by Crippen LogP contribution is -2.51. The molecule has 2 aromatic heterocycles. The van der Waals surface area contributed by atoms with E-state index in [-0.39, 0.29) is 18.8 Å². The molecule has 0 radical (unpaired) electrons. The molecule has 58 heavy (non-hydrogen) atoms. The number of nitrogens with one attached hydrogen (secondary N) is 2. The molecule has 316 valence electrons. The van der Waals surface area contributed by atoms with Crippen molar-refractivity contribution < 1.29 is 19.1 Å². The third kappa shape index (κ3) is 12.0. The number of unbranched alkanes of at least 4 members (excludes halogenated alkanes) is 2. The summed E-state index contributed by atoms with van der Waals surface area (Å²) in [4.78, 5) is 67.0. The van der Waals surface area contributed by atoms with E-state index in [4.69, 9.17) is 39.4 Å². The molecule has 1 aromatic carbocycles. The second kappa shape index (κ2) is 19.8. The number of amides is 2. The molecule has 0 aliphatic carbocycles. The van der Waals surface area contributed by atoms with E-state index in [1.54, 1.807) is 9.80 Å². The highest BCUT2D eigenvalue weighted by Crippen LogP contribution is 2.24. The number of aromatic nitrogens is 6. The Hall–Kier alpha value is -5.42. The van der Waals surface area contributed by atoms with Crippen molar-refractivity contribution >= 4 is 47.9 Å². The third-order valence-corrected chi connectivity index (χ3v) is 10.0. The molecule has 0 unspecified atom stereocenters. The van der Waals surface area contributed by atoms with Crippen LogP contribution in [0.3, 0.4) is 0 Å². The zero-order valence-electron chi connectivity index (χ0n) is 35.2. The van der Waals surface area contributed by atoms with Gasteiger partial charge in [-0.15, -0.1) is 0 Å².